The molecule has 0 radical (unpaired) electrons. The smallest absolute Gasteiger partial charge is 0.353 e. The highest BCUT2D eigenvalue weighted by Crippen LogP contribution is 2.35. The second-order valence-electron chi connectivity index (χ2n) is 4.37. The number of benzene rings is 1. The van der Waals surface area contributed by atoms with Gasteiger partial charge in [-0.25, -0.2) is 9.18 Å². The van der Waals surface area contributed by atoms with Gasteiger partial charge >= 0.3 is 5.97 Å². The first kappa shape index (κ1) is 18.1. The van der Waals surface area contributed by atoms with Crippen molar-refractivity contribution in [3.05, 3.63) is 45.4 Å². The van der Waals surface area contributed by atoms with Crippen molar-refractivity contribution < 1.29 is 19.0 Å². The van der Waals surface area contributed by atoms with Gasteiger partial charge in [0.25, 0.3) is 0 Å². The zero-order chi connectivity index (χ0) is 17.0. The van der Waals surface area contributed by atoms with Crippen molar-refractivity contribution in [3.8, 4) is 0 Å². The summed E-state index contributed by atoms with van der Waals surface area (Å²) in [5, 5.41) is 23.5. The van der Waals surface area contributed by atoms with E-state index in [0.29, 0.717) is 0 Å². The van der Waals surface area contributed by atoms with Crippen LogP contribution in [0.5, 0.6) is 0 Å². The predicted molar refractivity (Wildman–Crippen MR) is 82.8 cm³/mol. The highest BCUT2D eigenvalue weighted by molar-refractivity contribution is 6.39. The Morgan fingerprint density at radius 3 is 2.50 bits per heavy atom. The molecule has 1 aromatic rings. The van der Waals surface area contributed by atoms with E-state index in [1.54, 1.807) is 0 Å². The zero-order valence-electron chi connectivity index (χ0n) is 11.7. The van der Waals surface area contributed by atoms with Crippen LogP contribution in [0.2, 0.25) is 10.0 Å². The van der Waals surface area contributed by atoms with E-state index in [4.69, 9.17) is 43.9 Å². The monoisotopic (exact) mass is 346 g/mol. The number of nitrogens with one attached hydrogen (secondary N) is 2. The molecule has 1 rings (SSSR count). The second kappa shape index (κ2) is 7.38. The lowest BCUT2D eigenvalue weighted by atomic mass is 10.1. The van der Waals surface area contributed by atoms with Gasteiger partial charge in [0.15, 0.2) is 0 Å². The van der Waals surface area contributed by atoms with Crippen LogP contribution >= 0.6 is 23.2 Å². The first-order valence-electron chi connectivity index (χ1n) is 6.04. The SMILES string of the molecule is CC(=N)/C(=C\C(=N)C(=O)O)OC(C)c1c(Cl)ccc(F)c1Cl. The Morgan fingerprint density at radius 1 is 1.41 bits per heavy atom. The Bertz CT molecular complexity index is 674. The minimum absolute atomic E-state index is 0.0958. The standard InChI is InChI=1S/C14H13Cl2FN2O3/c1-6(18)11(5-10(19)14(20)21)22-7(2)12-8(15)3-4-9(17)13(12)16/h3-5,7,18-19H,1-2H3,(H,20,21)/b11-5+,18-6?,19-10?. The minimum Gasteiger partial charge on any atom is -0.484 e. The van der Waals surface area contributed by atoms with E-state index >= 15 is 0 Å². The van der Waals surface area contributed by atoms with E-state index in [1.165, 1.54) is 19.9 Å². The molecule has 0 aliphatic carbocycles. The molecule has 5 nitrogen and oxygen atoms in total. The van der Waals surface area contributed by atoms with Gasteiger partial charge in [-0.05, 0) is 26.0 Å². The van der Waals surface area contributed by atoms with Gasteiger partial charge < -0.3 is 15.3 Å². The van der Waals surface area contributed by atoms with Crippen molar-refractivity contribution >= 4 is 40.6 Å². The number of hydrogen-bond acceptors (Lipinski definition) is 4. The number of carboxylic acids is 1. The van der Waals surface area contributed by atoms with Gasteiger partial charge in [-0.3, -0.25) is 5.41 Å². The number of rotatable bonds is 6. The van der Waals surface area contributed by atoms with Gasteiger partial charge in [0.1, 0.15) is 23.4 Å². The van der Waals surface area contributed by atoms with E-state index in [2.05, 4.69) is 0 Å². The second-order valence-corrected chi connectivity index (χ2v) is 5.15. The van der Waals surface area contributed by atoms with Crippen LogP contribution in [0.15, 0.2) is 24.0 Å². The van der Waals surface area contributed by atoms with Crippen LogP contribution in [0.3, 0.4) is 0 Å². The molecule has 1 atom stereocenters. The molecule has 0 bridgehead atoms. The molecule has 0 fully saturated rings. The third kappa shape index (κ3) is 4.29. The summed E-state index contributed by atoms with van der Waals surface area (Å²) in [6.45, 7) is 2.89. The van der Waals surface area contributed by atoms with Crippen LogP contribution < -0.4 is 0 Å². The summed E-state index contributed by atoms with van der Waals surface area (Å²) in [6, 6.07) is 2.43. The molecule has 8 heteroatoms. The lowest BCUT2D eigenvalue weighted by molar-refractivity contribution is -0.129. The molecule has 0 aliphatic rings. The molecule has 1 unspecified atom stereocenters. The molecule has 0 aromatic heterocycles. The van der Waals surface area contributed by atoms with Crippen LogP contribution in [-0.2, 0) is 9.53 Å². The predicted octanol–water partition coefficient (Wildman–Crippen LogP) is 4.24. The number of allylic oxidation sites excluding steroid dienone is 1. The number of ether oxygens (including phenoxy) is 1. The van der Waals surface area contributed by atoms with Crippen molar-refractivity contribution in [2.24, 2.45) is 0 Å². The number of carboxylic acid groups (broad SMARTS) is 1. The van der Waals surface area contributed by atoms with Gasteiger partial charge in [-0.2, -0.15) is 0 Å². The van der Waals surface area contributed by atoms with Crippen LogP contribution in [0.4, 0.5) is 4.39 Å². The highest BCUT2D eigenvalue weighted by atomic mass is 35.5. The van der Waals surface area contributed by atoms with Crippen LogP contribution in [0.25, 0.3) is 0 Å². The number of carbonyl (C=O) groups is 1. The van der Waals surface area contributed by atoms with E-state index in [-0.39, 0.29) is 27.1 Å². The topological polar surface area (TPSA) is 94.2 Å². The van der Waals surface area contributed by atoms with Crippen molar-refractivity contribution in [1.29, 1.82) is 10.8 Å². The van der Waals surface area contributed by atoms with Crippen LogP contribution in [0.1, 0.15) is 25.5 Å². The highest BCUT2D eigenvalue weighted by Gasteiger charge is 2.20. The average molecular weight is 347 g/mol. The van der Waals surface area contributed by atoms with E-state index in [0.717, 1.165) is 12.1 Å². The molecule has 3 N–H and O–H groups in total. The Hall–Kier alpha value is -1.92. The van der Waals surface area contributed by atoms with E-state index in [9.17, 15) is 9.18 Å². The Morgan fingerprint density at radius 2 is 2.00 bits per heavy atom. The molecule has 22 heavy (non-hydrogen) atoms. The Balaban J connectivity index is 3.16. The average Bonchev–Trinajstić information content (AvgIpc) is 2.42. The lowest BCUT2D eigenvalue weighted by Crippen LogP contribution is -2.13. The molecule has 0 spiro atoms. The fourth-order valence-corrected chi connectivity index (χ4v) is 2.27. The summed E-state index contributed by atoms with van der Waals surface area (Å²) in [7, 11) is 0. The molecular weight excluding hydrogens is 334 g/mol. The van der Waals surface area contributed by atoms with Crippen molar-refractivity contribution in [3.63, 3.8) is 0 Å². The van der Waals surface area contributed by atoms with E-state index in [1.807, 2.05) is 0 Å². The molecule has 0 aliphatic heterocycles. The number of halogens is 3. The molecule has 0 amide bonds. The van der Waals surface area contributed by atoms with Crippen molar-refractivity contribution in [2.45, 2.75) is 20.0 Å². The van der Waals surface area contributed by atoms with Crippen LogP contribution in [0, 0.1) is 16.6 Å². The van der Waals surface area contributed by atoms with Gasteiger partial charge in [-0.15, -0.1) is 0 Å². The fourth-order valence-electron chi connectivity index (χ4n) is 1.59. The first-order valence-corrected chi connectivity index (χ1v) is 6.79. The maximum atomic E-state index is 13.5. The molecule has 0 saturated heterocycles. The minimum atomic E-state index is -1.46. The zero-order valence-corrected chi connectivity index (χ0v) is 13.2. The maximum absolute atomic E-state index is 13.5. The fraction of sp³-hybridized carbons (Fsp3) is 0.214. The summed E-state index contributed by atoms with van der Waals surface area (Å²) in [5.74, 6) is -2.28. The first-order chi connectivity index (χ1) is 10.1. The maximum Gasteiger partial charge on any atom is 0.353 e. The number of hydrogen-bond donors (Lipinski definition) is 3. The third-order valence-electron chi connectivity index (χ3n) is 2.67. The summed E-state index contributed by atoms with van der Waals surface area (Å²) < 4.78 is 18.9. The quantitative estimate of drug-likeness (QED) is 0.408. The van der Waals surface area contributed by atoms with Crippen LogP contribution in [-0.4, -0.2) is 22.5 Å². The van der Waals surface area contributed by atoms with Gasteiger partial charge in [0, 0.05) is 16.7 Å². The van der Waals surface area contributed by atoms with Crippen molar-refractivity contribution in [2.75, 3.05) is 0 Å². The van der Waals surface area contributed by atoms with Gasteiger partial charge in [-0.1, -0.05) is 23.2 Å². The molecule has 0 saturated carbocycles. The van der Waals surface area contributed by atoms with Crippen molar-refractivity contribution in [1.82, 2.24) is 0 Å². The Labute approximate surface area is 136 Å². The summed E-state index contributed by atoms with van der Waals surface area (Å²) in [6.07, 6.45) is 0.0475. The number of aliphatic carboxylic acids is 1. The Kier molecular flexibility index (Phi) is 6.08. The third-order valence-corrected chi connectivity index (χ3v) is 3.38. The normalized spacial score (nSPS) is 12.7. The molecular formula is C14H13Cl2FN2O3. The molecule has 1 aromatic carbocycles. The van der Waals surface area contributed by atoms with Gasteiger partial charge in [0.2, 0.25) is 0 Å². The van der Waals surface area contributed by atoms with E-state index < -0.39 is 23.6 Å². The molecule has 0 heterocycles. The summed E-state index contributed by atoms with van der Waals surface area (Å²) in [5.41, 5.74) is -0.663. The largest absolute Gasteiger partial charge is 0.484 e. The summed E-state index contributed by atoms with van der Waals surface area (Å²) >= 11 is 11.8. The summed E-state index contributed by atoms with van der Waals surface area (Å²) in [4.78, 5) is 10.7. The van der Waals surface area contributed by atoms with Gasteiger partial charge in [0.05, 0.1) is 10.7 Å². The molecule has 118 valence electrons. The lowest BCUT2D eigenvalue weighted by Gasteiger charge is -2.19.